The Kier molecular flexibility index (Phi) is 7.57. The van der Waals surface area contributed by atoms with Gasteiger partial charge in [-0.1, -0.05) is 75.3 Å². The van der Waals surface area contributed by atoms with Crippen LogP contribution in [-0.4, -0.2) is 18.9 Å². The molecule has 0 spiro atoms. The number of esters is 1. The second-order valence-electron chi connectivity index (χ2n) is 11.4. The van der Waals surface area contributed by atoms with Crippen LogP contribution in [0.15, 0.2) is 35.2 Å². The molecule has 1 N–H and O–H groups in total. The molecule has 0 radical (unpaired) electrons. The lowest BCUT2D eigenvalue weighted by atomic mass is 9.79. The summed E-state index contributed by atoms with van der Waals surface area (Å²) in [7, 11) is -4.44. The predicted molar refractivity (Wildman–Crippen MR) is 133 cm³/mol. The van der Waals surface area contributed by atoms with Crippen LogP contribution in [0.2, 0.25) is 0 Å². The molecule has 0 saturated heterocycles. The summed E-state index contributed by atoms with van der Waals surface area (Å²) in [5.74, 6) is -0.640. The molecule has 0 amide bonds. The molecule has 0 aliphatic heterocycles. The van der Waals surface area contributed by atoms with Crippen LogP contribution >= 0.6 is 0 Å². The van der Waals surface area contributed by atoms with E-state index in [1.165, 1.54) is 12.1 Å². The molecule has 0 aromatic heterocycles. The summed E-state index contributed by atoms with van der Waals surface area (Å²) < 4.78 is 39.9. The van der Waals surface area contributed by atoms with Gasteiger partial charge in [-0.25, -0.2) is 4.79 Å². The lowest BCUT2D eigenvalue weighted by molar-refractivity contribution is 0.0734. The summed E-state index contributed by atoms with van der Waals surface area (Å²) >= 11 is 0. The number of rotatable bonds is 5. The van der Waals surface area contributed by atoms with E-state index in [4.69, 9.17) is 4.74 Å². The van der Waals surface area contributed by atoms with Crippen LogP contribution in [0.1, 0.15) is 114 Å². The minimum Gasteiger partial charge on any atom is -0.423 e. The van der Waals surface area contributed by atoms with E-state index in [1.807, 2.05) is 39.8 Å². The normalized spacial score (nSPS) is 13.0. The SMILES string of the molecule is CC(C)c1cc(OC(=O)c2cc(C(C)(C)C)cc(C(C)(C)C)c2)cc(C(C)C)c1S(=O)(=O)O. The largest absolute Gasteiger partial charge is 0.423 e. The molecule has 2 aromatic rings. The van der Waals surface area contributed by atoms with Gasteiger partial charge < -0.3 is 4.74 Å². The Hall–Kier alpha value is -2.18. The topological polar surface area (TPSA) is 80.7 Å². The quantitative estimate of drug-likeness (QED) is 0.287. The fraction of sp³-hybridized carbons (Fsp3) is 0.519. The summed E-state index contributed by atoms with van der Waals surface area (Å²) in [6, 6.07) is 8.92. The standard InChI is InChI=1S/C27H38O5S/c1-16(2)22-14-21(15-23(17(3)4)24(22)33(29,30)31)32-25(28)18-11-19(26(5,6)7)13-20(12-18)27(8,9)10/h11-17H,1-10H3,(H,29,30,31). The first-order chi connectivity index (χ1) is 14.8. The zero-order valence-electron chi connectivity index (χ0n) is 21.5. The molecular weight excluding hydrogens is 436 g/mol. The molecule has 0 saturated carbocycles. The first-order valence-corrected chi connectivity index (χ1v) is 12.8. The Morgan fingerprint density at radius 2 is 1.18 bits per heavy atom. The average molecular weight is 475 g/mol. The summed E-state index contributed by atoms with van der Waals surface area (Å²) in [5.41, 5.74) is 3.06. The molecule has 33 heavy (non-hydrogen) atoms. The van der Waals surface area contributed by atoms with Gasteiger partial charge in [-0.3, -0.25) is 4.55 Å². The van der Waals surface area contributed by atoms with Crippen LogP contribution in [0.3, 0.4) is 0 Å². The monoisotopic (exact) mass is 474 g/mol. The highest BCUT2D eigenvalue weighted by molar-refractivity contribution is 7.86. The lowest BCUT2D eigenvalue weighted by Gasteiger charge is -2.26. The van der Waals surface area contributed by atoms with Crippen LogP contribution in [0, 0.1) is 0 Å². The van der Waals surface area contributed by atoms with E-state index in [0.717, 1.165) is 11.1 Å². The number of carbonyl (C=O) groups excluding carboxylic acids is 1. The summed E-state index contributed by atoms with van der Waals surface area (Å²) in [5, 5.41) is 0. The van der Waals surface area contributed by atoms with Gasteiger partial charge in [0.15, 0.2) is 0 Å². The van der Waals surface area contributed by atoms with E-state index in [1.54, 1.807) is 0 Å². The van der Waals surface area contributed by atoms with E-state index in [0.29, 0.717) is 16.7 Å². The number of benzene rings is 2. The van der Waals surface area contributed by atoms with Gasteiger partial charge in [0.1, 0.15) is 10.6 Å². The molecule has 0 aliphatic rings. The van der Waals surface area contributed by atoms with Crippen molar-refractivity contribution in [2.75, 3.05) is 0 Å². The maximum atomic E-state index is 13.2. The van der Waals surface area contributed by atoms with Crippen molar-refractivity contribution in [1.82, 2.24) is 0 Å². The Morgan fingerprint density at radius 3 is 1.48 bits per heavy atom. The minimum absolute atomic E-state index is 0.1000. The van der Waals surface area contributed by atoms with E-state index < -0.39 is 16.1 Å². The van der Waals surface area contributed by atoms with Crippen molar-refractivity contribution in [2.45, 2.75) is 96.8 Å². The molecule has 6 heteroatoms. The fourth-order valence-corrected chi connectivity index (χ4v) is 4.82. The number of hydrogen-bond acceptors (Lipinski definition) is 4. The Morgan fingerprint density at radius 1 is 0.788 bits per heavy atom. The molecule has 0 bridgehead atoms. The first-order valence-electron chi connectivity index (χ1n) is 11.4. The second-order valence-corrected chi connectivity index (χ2v) is 12.8. The van der Waals surface area contributed by atoms with Gasteiger partial charge in [-0.15, -0.1) is 0 Å². The van der Waals surface area contributed by atoms with E-state index in [9.17, 15) is 17.8 Å². The predicted octanol–water partition coefficient (Wildman–Crippen LogP) is 6.99. The third kappa shape index (κ3) is 6.45. The summed E-state index contributed by atoms with van der Waals surface area (Å²) in [6.45, 7) is 19.9. The van der Waals surface area contributed by atoms with Crippen LogP contribution in [0.5, 0.6) is 5.75 Å². The van der Waals surface area contributed by atoms with Crippen molar-refractivity contribution in [3.8, 4) is 5.75 Å². The Bertz CT molecular complexity index is 1080. The average Bonchev–Trinajstić information content (AvgIpc) is 2.64. The molecule has 182 valence electrons. The molecular formula is C27H38O5S. The van der Waals surface area contributed by atoms with Gasteiger partial charge in [-0.05, 0) is 69.2 Å². The van der Waals surface area contributed by atoms with Gasteiger partial charge in [0.2, 0.25) is 0 Å². The Balaban J connectivity index is 2.64. The molecule has 0 fully saturated rings. The van der Waals surface area contributed by atoms with E-state index in [-0.39, 0.29) is 33.3 Å². The Labute approximate surface area is 199 Å². The van der Waals surface area contributed by atoms with Gasteiger partial charge in [0.05, 0.1) is 5.56 Å². The molecule has 0 atom stereocenters. The van der Waals surface area contributed by atoms with Crippen LogP contribution in [-0.2, 0) is 20.9 Å². The fourth-order valence-electron chi connectivity index (χ4n) is 3.64. The first kappa shape index (κ1) is 27.1. The van der Waals surface area contributed by atoms with Crippen molar-refractivity contribution in [1.29, 1.82) is 0 Å². The number of hydrogen-bond donors (Lipinski definition) is 1. The zero-order chi connectivity index (χ0) is 25.5. The molecule has 2 aromatic carbocycles. The number of carbonyl (C=O) groups is 1. The van der Waals surface area contributed by atoms with Gasteiger partial charge in [-0.2, -0.15) is 8.42 Å². The maximum Gasteiger partial charge on any atom is 0.343 e. The van der Waals surface area contributed by atoms with Gasteiger partial charge in [0.25, 0.3) is 10.1 Å². The molecule has 0 unspecified atom stereocenters. The van der Waals surface area contributed by atoms with Crippen LogP contribution in [0.25, 0.3) is 0 Å². The third-order valence-electron chi connectivity index (χ3n) is 5.73. The summed E-state index contributed by atoms with van der Waals surface area (Å²) in [6.07, 6.45) is 0. The molecule has 2 rings (SSSR count). The smallest absolute Gasteiger partial charge is 0.343 e. The van der Waals surface area contributed by atoms with Crippen LogP contribution in [0.4, 0.5) is 0 Å². The van der Waals surface area contributed by atoms with Crippen molar-refractivity contribution >= 4 is 16.1 Å². The lowest BCUT2D eigenvalue weighted by Crippen LogP contribution is -2.19. The van der Waals surface area contributed by atoms with Crippen molar-refractivity contribution in [3.63, 3.8) is 0 Å². The maximum absolute atomic E-state index is 13.2. The van der Waals surface area contributed by atoms with Crippen molar-refractivity contribution < 1.29 is 22.5 Å². The second kappa shape index (κ2) is 9.22. The highest BCUT2D eigenvalue weighted by Crippen LogP contribution is 2.36. The van der Waals surface area contributed by atoms with Gasteiger partial charge in [0, 0.05) is 0 Å². The van der Waals surface area contributed by atoms with E-state index in [2.05, 4.69) is 47.6 Å². The minimum atomic E-state index is -4.44. The number of ether oxygens (including phenoxy) is 1. The molecule has 0 aliphatic carbocycles. The van der Waals surface area contributed by atoms with E-state index >= 15 is 0 Å². The van der Waals surface area contributed by atoms with Crippen molar-refractivity contribution in [3.05, 3.63) is 58.1 Å². The van der Waals surface area contributed by atoms with Gasteiger partial charge >= 0.3 is 5.97 Å². The van der Waals surface area contributed by atoms with Crippen molar-refractivity contribution in [2.24, 2.45) is 0 Å². The van der Waals surface area contributed by atoms with Crippen LogP contribution < -0.4 is 4.74 Å². The highest BCUT2D eigenvalue weighted by atomic mass is 32.2. The third-order valence-corrected chi connectivity index (χ3v) is 6.72. The summed E-state index contributed by atoms with van der Waals surface area (Å²) in [4.78, 5) is 13.1. The highest BCUT2D eigenvalue weighted by Gasteiger charge is 2.27. The zero-order valence-corrected chi connectivity index (χ0v) is 22.3. The molecule has 0 heterocycles. The molecule has 5 nitrogen and oxygen atoms in total.